The standard InChI is InChI=1S/C28H36ClN5O6/c1-16(2)39-28(36)30-19-8-10-34(11-9-19)20-6-4-18(5-7-20)25-21(29)12-22-26(32-25)33-27(31-22)40-17(3)13-38-24-15-37-14-23(24)35/h4-7,12,16-17,19,23-24,35H,8-11,13-15H2,1-3H3,(H,30,36)(H,31,32,33)/t17-,23+,24-/m0/s1. The zero-order valence-corrected chi connectivity index (χ0v) is 23.7. The maximum Gasteiger partial charge on any atom is 0.407 e. The molecule has 0 unspecified atom stereocenters. The topological polar surface area (TPSA) is 131 Å². The molecule has 0 saturated carbocycles. The predicted molar refractivity (Wildman–Crippen MR) is 151 cm³/mol. The number of fused-ring (bicyclic) bond motifs is 1. The highest BCUT2D eigenvalue weighted by molar-refractivity contribution is 6.33. The first-order chi connectivity index (χ1) is 19.2. The van der Waals surface area contributed by atoms with E-state index in [9.17, 15) is 9.90 Å². The fraction of sp³-hybridized carbons (Fsp3) is 0.536. The van der Waals surface area contributed by atoms with Crippen LogP contribution in [0.2, 0.25) is 5.02 Å². The molecule has 2 fully saturated rings. The Balaban J connectivity index is 1.18. The van der Waals surface area contributed by atoms with Crippen LogP contribution in [0.3, 0.4) is 0 Å². The lowest BCUT2D eigenvalue weighted by Crippen LogP contribution is -2.45. The van der Waals surface area contributed by atoms with E-state index in [1.165, 1.54) is 0 Å². The van der Waals surface area contributed by atoms with E-state index >= 15 is 0 Å². The van der Waals surface area contributed by atoms with Gasteiger partial charge in [-0.3, -0.25) is 0 Å². The highest BCUT2D eigenvalue weighted by Gasteiger charge is 2.28. The quantitative estimate of drug-likeness (QED) is 0.348. The summed E-state index contributed by atoms with van der Waals surface area (Å²) in [6.07, 6.45) is -0.0455. The predicted octanol–water partition coefficient (Wildman–Crippen LogP) is 3.93. The van der Waals surface area contributed by atoms with Crippen molar-refractivity contribution in [3.63, 3.8) is 0 Å². The van der Waals surface area contributed by atoms with Crippen LogP contribution < -0.4 is 15.0 Å². The maximum atomic E-state index is 11.9. The number of H-pyrrole nitrogens is 1. The number of aliphatic hydroxyl groups excluding tert-OH is 1. The van der Waals surface area contributed by atoms with Crippen LogP contribution in [-0.2, 0) is 14.2 Å². The number of carbonyl (C=O) groups is 1. The van der Waals surface area contributed by atoms with Gasteiger partial charge in [0.1, 0.15) is 18.3 Å². The van der Waals surface area contributed by atoms with E-state index in [0.717, 1.165) is 37.2 Å². The summed E-state index contributed by atoms with van der Waals surface area (Å²) >= 11 is 6.60. The number of ether oxygens (including phenoxy) is 4. The van der Waals surface area contributed by atoms with Crippen LogP contribution in [0.15, 0.2) is 30.3 Å². The molecular formula is C28H36ClN5O6. The Hall–Kier alpha value is -3.12. The van der Waals surface area contributed by atoms with E-state index in [0.29, 0.717) is 34.5 Å². The summed E-state index contributed by atoms with van der Waals surface area (Å²) in [4.78, 5) is 26.5. The molecule has 2 saturated heterocycles. The molecular weight excluding hydrogens is 538 g/mol. The molecule has 40 heavy (non-hydrogen) atoms. The minimum Gasteiger partial charge on any atom is -0.459 e. The summed E-state index contributed by atoms with van der Waals surface area (Å²) < 4.78 is 22.0. The number of nitrogens with one attached hydrogen (secondary N) is 2. The molecule has 3 aromatic rings. The molecule has 216 valence electrons. The molecule has 0 radical (unpaired) electrons. The number of aromatic nitrogens is 3. The monoisotopic (exact) mass is 573 g/mol. The number of imidazole rings is 1. The summed E-state index contributed by atoms with van der Waals surface area (Å²) in [6, 6.07) is 10.4. The molecule has 2 aliphatic rings. The van der Waals surface area contributed by atoms with Crippen molar-refractivity contribution >= 4 is 34.5 Å². The van der Waals surface area contributed by atoms with Crippen LogP contribution in [-0.4, -0.2) is 89.5 Å². The number of anilines is 1. The number of benzene rings is 1. The summed E-state index contributed by atoms with van der Waals surface area (Å²) in [5, 5.41) is 13.3. The van der Waals surface area contributed by atoms with E-state index in [1.54, 1.807) is 6.07 Å². The zero-order chi connectivity index (χ0) is 28.2. The van der Waals surface area contributed by atoms with Gasteiger partial charge in [0.2, 0.25) is 0 Å². The van der Waals surface area contributed by atoms with E-state index in [1.807, 2.05) is 32.9 Å². The summed E-state index contributed by atoms with van der Waals surface area (Å²) in [5.41, 5.74) is 3.79. The molecule has 0 aliphatic carbocycles. The molecule has 1 amide bonds. The van der Waals surface area contributed by atoms with Gasteiger partial charge in [-0.1, -0.05) is 23.7 Å². The number of pyridine rings is 1. The summed E-state index contributed by atoms with van der Waals surface area (Å²) in [7, 11) is 0. The van der Waals surface area contributed by atoms with Gasteiger partial charge in [0.25, 0.3) is 6.01 Å². The van der Waals surface area contributed by atoms with Crippen LogP contribution in [0, 0.1) is 0 Å². The van der Waals surface area contributed by atoms with Crippen molar-refractivity contribution in [3.05, 3.63) is 35.4 Å². The summed E-state index contributed by atoms with van der Waals surface area (Å²) in [6.45, 7) is 8.17. The van der Waals surface area contributed by atoms with Crippen LogP contribution in [0.5, 0.6) is 6.01 Å². The van der Waals surface area contributed by atoms with Crippen molar-refractivity contribution in [1.82, 2.24) is 20.3 Å². The highest BCUT2D eigenvalue weighted by Crippen LogP contribution is 2.31. The van der Waals surface area contributed by atoms with Gasteiger partial charge in [-0.15, -0.1) is 0 Å². The SMILES string of the molecule is CC(C)OC(=O)NC1CCN(c2ccc(-c3nc4nc(O[C@@H](C)CO[C@H]5COC[C@H]5O)[nH]c4cc3Cl)cc2)CC1. The molecule has 3 atom stereocenters. The number of alkyl carbamates (subject to hydrolysis) is 1. The number of nitrogens with zero attached hydrogens (tertiary/aromatic N) is 3. The number of carbonyl (C=O) groups excluding carboxylic acids is 1. The minimum atomic E-state index is -0.617. The number of hydrogen-bond donors (Lipinski definition) is 3. The lowest BCUT2D eigenvalue weighted by atomic mass is 10.0. The van der Waals surface area contributed by atoms with Crippen LogP contribution in [0.25, 0.3) is 22.4 Å². The molecule has 5 rings (SSSR count). The Bertz CT molecular complexity index is 1290. The molecule has 12 heteroatoms. The fourth-order valence-electron chi connectivity index (χ4n) is 4.85. The van der Waals surface area contributed by atoms with Crippen molar-refractivity contribution in [2.24, 2.45) is 0 Å². The van der Waals surface area contributed by atoms with Gasteiger partial charge < -0.3 is 39.3 Å². The van der Waals surface area contributed by atoms with Crippen LogP contribution >= 0.6 is 11.6 Å². The molecule has 4 heterocycles. The number of aliphatic hydroxyl groups is 1. The Labute approximate surface area is 238 Å². The molecule has 2 aromatic heterocycles. The summed E-state index contributed by atoms with van der Waals surface area (Å²) in [5.74, 6) is 0. The number of halogens is 1. The zero-order valence-electron chi connectivity index (χ0n) is 22.9. The van der Waals surface area contributed by atoms with E-state index in [-0.39, 0.29) is 43.7 Å². The Morgan fingerprint density at radius 1 is 1.20 bits per heavy atom. The normalized spacial score (nSPS) is 20.7. The van der Waals surface area contributed by atoms with Gasteiger partial charge in [-0.2, -0.15) is 4.98 Å². The Kier molecular flexibility index (Phi) is 8.94. The molecule has 0 bridgehead atoms. The van der Waals surface area contributed by atoms with Crippen molar-refractivity contribution in [2.75, 3.05) is 37.8 Å². The lowest BCUT2D eigenvalue weighted by molar-refractivity contribution is -0.0379. The average molecular weight is 574 g/mol. The second-order valence-electron chi connectivity index (χ2n) is 10.5. The first kappa shape index (κ1) is 28.4. The van der Waals surface area contributed by atoms with Gasteiger partial charge in [-0.25, -0.2) is 9.78 Å². The third kappa shape index (κ3) is 6.95. The number of hydrogen-bond acceptors (Lipinski definition) is 9. The molecule has 11 nitrogen and oxygen atoms in total. The van der Waals surface area contributed by atoms with Crippen molar-refractivity contribution < 1.29 is 28.8 Å². The average Bonchev–Trinajstić information content (AvgIpc) is 3.51. The van der Waals surface area contributed by atoms with Crippen molar-refractivity contribution in [3.8, 4) is 17.3 Å². The molecule has 2 aliphatic heterocycles. The smallest absolute Gasteiger partial charge is 0.407 e. The third-order valence-corrected chi connectivity index (χ3v) is 7.22. The second kappa shape index (κ2) is 12.6. The van der Waals surface area contributed by atoms with Gasteiger partial charge in [0.05, 0.1) is 42.2 Å². The van der Waals surface area contributed by atoms with Crippen LogP contribution in [0.4, 0.5) is 10.5 Å². The first-order valence-electron chi connectivity index (χ1n) is 13.7. The Morgan fingerprint density at radius 3 is 2.62 bits per heavy atom. The van der Waals surface area contributed by atoms with Gasteiger partial charge in [0, 0.05) is 30.4 Å². The lowest BCUT2D eigenvalue weighted by Gasteiger charge is -2.34. The van der Waals surface area contributed by atoms with E-state index in [4.69, 9.17) is 35.5 Å². The number of amides is 1. The van der Waals surface area contributed by atoms with E-state index in [2.05, 4.69) is 32.3 Å². The van der Waals surface area contributed by atoms with Crippen LogP contribution in [0.1, 0.15) is 33.6 Å². The largest absolute Gasteiger partial charge is 0.459 e. The van der Waals surface area contributed by atoms with Gasteiger partial charge >= 0.3 is 6.09 Å². The molecule has 3 N–H and O–H groups in total. The van der Waals surface area contributed by atoms with Gasteiger partial charge in [0.15, 0.2) is 5.65 Å². The number of aromatic amines is 1. The van der Waals surface area contributed by atoms with E-state index < -0.39 is 6.10 Å². The molecule has 1 aromatic carbocycles. The second-order valence-corrected chi connectivity index (χ2v) is 11.0. The fourth-order valence-corrected chi connectivity index (χ4v) is 5.11. The molecule has 0 spiro atoms. The number of rotatable bonds is 9. The third-order valence-electron chi connectivity index (χ3n) is 6.93. The first-order valence-corrected chi connectivity index (χ1v) is 14.1. The number of piperidine rings is 1. The Morgan fingerprint density at radius 2 is 1.95 bits per heavy atom. The minimum absolute atomic E-state index is 0.115. The van der Waals surface area contributed by atoms with Gasteiger partial charge in [-0.05, 0) is 51.8 Å². The van der Waals surface area contributed by atoms with Crippen molar-refractivity contribution in [2.45, 2.75) is 64.1 Å². The van der Waals surface area contributed by atoms with Crippen molar-refractivity contribution in [1.29, 1.82) is 0 Å². The highest BCUT2D eigenvalue weighted by atomic mass is 35.5. The maximum absolute atomic E-state index is 11.9.